The number of aryl methyl sites for hydroxylation is 1. The lowest BCUT2D eigenvalue weighted by molar-refractivity contribution is -0.113. The molecular formula is C22H22Cl2N2O. The van der Waals surface area contributed by atoms with Crippen LogP contribution in [0.4, 0.5) is 11.4 Å². The zero-order chi connectivity index (χ0) is 19.5. The average Bonchev–Trinajstić information content (AvgIpc) is 2.89. The van der Waals surface area contributed by atoms with Gasteiger partial charge in [0.05, 0.1) is 21.4 Å². The van der Waals surface area contributed by atoms with Gasteiger partial charge in [0.1, 0.15) is 5.71 Å². The fraction of sp³-hybridized carbons (Fsp3) is 0.364. The van der Waals surface area contributed by atoms with E-state index in [4.69, 9.17) is 28.2 Å². The van der Waals surface area contributed by atoms with Crippen molar-refractivity contribution in [3.05, 3.63) is 57.1 Å². The number of rotatable bonds is 2. The highest BCUT2D eigenvalue weighted by molar-refractivity contribution is 6.55. The number of halogens is 2. The fourth-order valence-electron chi connectivity index (χ4n) is 4.37. The standard InChI is InChI=1S/C22H22Cl2N2O/c1-5-13-8-15-12(2)11-22(3,4)26-20(15)16(9-13)19(21(26)27)25-14-6-7-17(23)18(24)10-14/h6-10,12H,5,11H2,1-4H3. The van der Waals surface area contributed by atoms with Crippen molar-refractivity contribution in [3.8, 4) is 0 Å². The number of amides is 1. The number of carbonyl (C=O) groups excluding carboxylic acids is 1. The van der Waals surface area contributed by atoms with Gasteiger partial charge in [-0.15, -0.1) is 0 Å². The molecule has 3 nitrogen and oxygen atoms in total. The summed E-state index contributed by atoms with van der Waals surface area (Å²) in [4.78, 5) is 20.0. The lowest BCUT2D eigenvalue weighted by Gasteiger charge is -2.43. The Bertz CT molecular complexity index is 994. The number of aliphatic imine (C=N–C) groups is 1. The van der Waals surface area contributed by atoms with Gasteiger partial charge in [0.25, 0.3) is 5.91 Å². The first-order chi connectivity index (χ1) is 12.7. The summed E-state index contributed by atoms with van der Waals surface area (Å²) in [5.41, 5.74) is 5.31. The second-order valence-electron chi connectivity index (χ2n) is 8.05. The first-order valence-electron chi connectivity index (χ1n) is 9.28. The molecule has 0 fully saturated rings. The van der Waals surface area contributed by atoms with Crippen molar-refractivity contribution < 1.29 is 4.79 Å². The molecule has 1 amide bonds. The van der Waals surface area contributed by atoms with Crippen LogP contribution in [0.5, 0.6) is 0 Å². The molecule has 2 aromatic carbocycles. The summed E-state index contributed by atoms with van der Waals surface area (Å²) in [7, 11) is 0. The van der Waals surface area contributed by atoms with Crippen LogP contribution < -0.4 is 4.90 Å². The van der Waals surface area contributed by atoms with E-state index in [1.807, 2.05) is 4.90 Å². The smallest absolute Gasteiger partial charge is 0.278 e. The van der Waals surface area contributed by atoms with E-state index in [0.717, 1.165) is 24.1 Å². The summed E-state index contributed by atoms with van der Waals surface area (Å²) in [5.74, 6) is 0.358. The second-order valence-corrected chi connectivity index (χ2v) is 8.87. The molecule has 0 saturated heterocycles. The highest BCUT2D eigenvalue weighted by Gasteiger charge is 2.48. The molecule has 5 heteroatoms. The Morgan fingerprint density at radius 1 is 1.19 bits per heavy atom. The molecule has 2 aliphatic rings. The van der Waals surface area contributed by atoms with Gasteiger partial charge in [-0.2, -0.15) is 0 Å². The van der Waals surface area contributed by atoms with Crippen molar-refractivity contribution in [1.82, 2.24) is 0 Å². The molecule has 1 unspecified atom stereocenters. The van der Waals surface area contributed by atoms with Crippen LogP contribution in [0.2, 0.25) is 10.0 Å². The molecule has 0 radical (unpaired) electrons. The third kappa shape index (κ3) is 2.88. The third-order valence-corrected chi connectivity index (χ3v) is 6.32. The molecule has 0 saturated carbocycles. The van der Waals surface area contributed by atoms with Crippen molar-refractivity contribution in [2.75, 3.05) is 4.90 Å². The Morgan fingerprint density at radius 2 is 1.93 bits per heavy atom. The van der Waals surface area contributed by atoms with Crippen molar-refractivity contribution in [2.24, 2.45) is 4.99 Å². The fourth-order valence-corrected chi connectivity index (χ4v) is 4.66. The summed E-state index contributed by atoms with van der Waals surface area (Å²) in [6, 6.07) is 9.56. The van der Waals surface area contributed by atoms with Gasteiger partial charge in [-0.25, -0.2) is 4.99 Å². The molecule has 140 valence electrons. The van der Waals surface area contributed by atoms with E-state index in [1.54, 1.807) is 18.2 Å². The monoisotopic (exact) mass is 400 g/mol. The lowest BCUT2D eigenvalue weighted by atomic mass is 9.79. The maximum atomic E-state index is 13.4. The summed E-state index contributed by atoms with van der Waals surface area (Å²) >= 11 is 12.2. The first kappa shape index (κ1) is 18.5. The lowest BCUT2D eigenvalue weighted by Crippen LogP contribution is -2.50. The van der Waals surface area contributed by atoms with Crippen molar-refractivity contribution in [3.63, 3.8) is 0 Å². The molecule has 27 heavy (non-hydrogen) atoms. The van der Waals surface area contributed by atoms with E-state index in [-0.39, 0.29) is 11.4 Å². The van der Waals surface area contributed by atoms with Crippen LogP contribution in [0, 0.1) is 0 Å². The molecule has 2 aliphatic heterocycles. The number of anilines is 1. The quantitative estimate of drug-likeness (QED) is 0.581. The predicted octanol–water partition coefficient (Wildman–Crippen LogP) is 6.31. The van der Waals surface area contributed by atoms with Crippen LogP contribution in [-0.4, -0.2) is 17.2 Å². The number of carbonyl (C=O) groups is 1. The molecule has 2 heterocycles. The summed E-state index contributed by atoms with van der Waals surface area (Å²) in [6.45, 7) is 8.64. The Kier molecular flexibility index (Phi) is 4.36. The Balaban J connectivity index is 1.96. The maximum Gasteiger partial charge on any atom is 0.278 e. The topological polar surface area (TPSA) is 32.7 Å². The zero-order valence-electron chi connectivity index (χ0n) is 15.9. The van der Waals surface area contributed by atoms with Crippen molar-refractivity contribution in [1.29, 1.82) is 0 Å². The largest absolute Gasteiger partial charge is 0.300 e. The number of benzene rings is 2. The Morgan fingerprint density at radius 3 is 2.59 bits per heavy atom. The molecule has 0 aromatic heterocycles. The Labute approximate surface area is 170 Å². The molecule has 2 aromatic rings. The summed E-state index contributed by atoms with van der Waals surface area (Å²) < 4.78 is 0. The highest BCUT2D eigenvalue weighted by Crippen LogP contribution is 2.49. The van der Waals surface area contributed by atoms with Gasteiger partial charge in [0.2, 0.25) is 0 Å². The van der Waals surface area contributed by atoms with Gasteiger partial charge in [-0.3, -0.25) is 4.79 Å². The van der Waals surface area contributed by atoms with Gasteiger partial charge in [-0.1, -0.05) is 43.1 Å². The van der Waals surface area contributed by atoms with Crippen LogP contribution in [0.1, 0.15) is 56.7 Å². The van der Waals surface area contributed by atoms with Crippen LogP contribution in [0.25, 0.3) is 0 Å². The molecule has 4 rings (SSSR count). The van der Waals surface area contributed by atoms with Crippen LogP contribution in [0.3, 0.4) is 0 Å². The third-order valence-electron chi connectivity index (χ3n) is 5.58. The zero-order valence-corrected chi connectivity index (χ0v) is 17.4. The average molecular weight is 401 g/mol. The second kappa shape index (κ2) is 6.35. The van der Waals surface area contributed by atoms with Crippen LogP contribution >= 0.6 is 23.2 Å². The summed E-state index contributed by atoms with van der Waals surface area (Å²) in [6.07, 6.45) is 1.85. The molecule has 0 spiro atoms. The maximum absolute atomic E-state index is 13.4. The van der Waals surface area contributed by atoms with Gasteiger partial charge in [0.15, 0.2) is 0 Å². The molecular weight excluding hydrogens is 379 g/mol. The first-order valence-corrected chi connectivity index (χ1v) is 10.0. The van der Waals surface area contributed by atoms with Crippen molar-refractivity contribution in [2.45, 2.75) is 52.0 Å². The Hall–Kier alpha value is -1.84. The van der Waals surface area contributed by atoms with E-state index in [2.05, 4.69) is 39.8 Å². The minimum absolute atomic E-state index is 0.0394. The number of hydrogen-bond donors (Lipinski definition) is 0. The summed E-state index contributed by atoms with van der Waals surface area (Å²) in [5, 5.41) is 0.908. The minimum Gasteiger partial charge on any atom is -0.300 e. The molecule has 0 N–H and O–H groups in total. The number of hydrogen-bond acceptors (Lipinski definition) is 2. The minimum atomic E-state index is -0.249. The SMILES string of the molecule is CCc1cc2c3c(c1)C(C)CC(C)(C)N3C(=O)C2=Nc1ccc(Cl)c(Cl)c1. The molecule has 0 aliphatic carbocycles. The van der Waals surface area contributed by atoms with Gasteiger partial charge >= 0.3 is 0 Å². The van der Waals surface area contributed by atoms with Crippen LogP contribution in [-0.2, 0) is 11.2 Å². The van der Waals surface area contributed by atoms with E-state index in [0.29, 0.717) is 27.4 Å². The van der Waals surface area contributed by atoms with Gasteiger partial charge in [0, 0.05) is 11.1 Å². The van der Waals surface area contributed by atoms with Crippen LogP contribution in [0.15, 0.2) is 35.3 Å². The molecule has 0 bridgehead atoms. The normalized spacial score (nSPS) is 21.7. The highest BCUT2D eigenvalue weighted by atomic mass is 35.5. The van der Waals surface area contributed by atoms with E-state index >= 15 is 0 Å². The van der Waals surface area contributed by atoms with Gasteiger partial charge < -0.3 is 4.90 Å². The van der Waals surface area contributed by atoms with Gasteiger partial charge in [-0.05, 0) is 68.0 Å². The predicted molar refractivity (Wildman–Crippen MR) is 113 cm³/mol. The van der Waals surface area contributed by atoms with Crippen molar-refractivity contribution >= 4 is 46.2 Å². The van der Waals surface area contributed by atoms with E-state index < -0.39 is 0 Å². The van der Waals surface area contributed by atoms with E-state index in [1.165, 1.54) is 11.1 Å². The van der Waals surface area contributed by atoms with E-state index in [9.17, 15) is 4.79 Å². The number of nitrogens with zero attached hydrogens (tertiary/aromatic N) is 2. The molecule has 1 atom stereocenters.